The molecule has 0 aliphatic rings. The van der Waals surface area contributed by atoms with E-state index in [0.717, 1.165) is 21.3 Å². The van der Waals surface area contributed by atoms with Crippen LogP contribution in [-0.4, -0.2) is 9.55 Å². The molecule has 1 aromatic carbocycles. The minimum atomic E-state index is -0.0291. The molecule has 0 amide bonds. The van der Waals surface area contributed by atoms with E-state index in [-0.39, 0.29) is 6.04 Å². The van der Waals surface area contributed by atoms with Gasteiger partial charge in [0.05, 0.1) is 17.1 Å². The van der Waals surface area contributed by atoms with Crippen molar-refractivity contribution in [1.82, 2.24) is 9.55 Å². The van der Waals surface area contributed by atoms with Crippen LogP contribution in [0.5, 0.6) is 0 Å². The van der Waals surface area contributed by atoms with Crippen LogP contribution >= 0.6 is 15.9 Å². The number of fused-ring (bicyclic) bond motifs is 1. The maximum atomic E-state index is 6.28. The van der Waals surface area contributed by atoms with Crippen molar-refractivity contribution < 1.29 is 0 Å². The van der Waals surface area contributed by atoms with Crippen LogP contribution in [0.15, 0.2) is 22.7 Å². The van der Waals surface area contributed by atoms with Gasteiger partial charge in [-0.2, -0.15) is 0 Å². The van der Waals surface area contributed by atoms with Crippen LogP contribution in [0.25, 0.3) is 11.0 Å². The lowest BCUT2D eigenvalue weighted by Crippen LogP contribution is -2.22. The molecule has 4 heteroatoms. The van der Waals surface area contributed by atoms with Crippen molar-refractivity contribution >= 4 is 27.0 Å². The van der Waals surface area contributed by atoms with Crippen LogP contribution in [0.4, 0.5) is 0 Å². The third-order valence-corrected chi connectivity index (χ3v) is 3.70. The Hall–Kier alpha value is -0.870. The SMILES string of the molecule is CC(C)C(N)c1nc2cc(Br)ccc2n1C(C)C. The fourth-order valence-electron chi connectivity index (χ4n) is 2.17. The molecular weight excluding hydrogens is 290 g/mol. The summed E-state index contributed by atoms with van der Waals surface area (Å²) in [5.74, 6) is 1.36. The summed E-state index contributed by atoms with van der Waals surface area (Å²) in [5.41, 5.74) is 8.44. The van der Waals surface area contributed by atoms with E-state index in [0.29, 0.717) is 12.0 Å². The van der Waals surface area contributed by atoms with Gasteiger partial charge >= 0.3 is 0 Å². The first-order valence-corrected chi connectivity index (χ1v) is 7.14. The van der Waals surface area contributed by atoms with Crippen LogP contribution in [0.3, 0.4) is 0 Å². The maximum Gasteiger partial charge on any atom is 0.127 e. The van der Waals surface area contributed by atoms with Crippen molar-refractivity contribution in [2.45, 2.75) is 39.8 Å². The molecule has 0 saturated heterocycles. The van der Waals surface area contributed by atoms with E-state index >= 15 is 0 Å². The van der Waals surface area contributed by atoms with E-state index in [1.54, 1.807) is 0 Å². The fourth-order valence-corrected chi connectivity index (χ4v) is 2.52. The number of benzene rings is 1. The molecular formula is C14H20BrN3. The van der Waals surface area contributed by atoms with Gasteiger partial charge in [-0.1, -0.05) is 29.8 Å². The number of nitrogens with zero attached hydrogens (tertiary/aromatic N) is 2. The normalized spacial score (nSPS) is 13.8. The topological polar surface area (TPSA) is 43.8 Å². The van der Waals surface area contributed by atoms with Crippen LogP contribution in [0, 0.1) is 5.92 Å². The van der Waals surface area contributed by atoms with Gasteiger partial charge in [0.2, 0.25) is 0 Å². The minimum Gasteiger partial charge on any atom is -0.324 e. The van der Waals surface area contributed by atoms with Gasteiger partial charge in [-0.25, -0.2) is 4.98 Å². The smallest absolute Gasteiger partial charge is 0.127 e. The van der Waals surface area contributed by atoms with Crippen molar-refractivity contribution in [2.24, 2.45) is 11.7 Å². The molecule has 1 heterocycles. The Balaban J connectivity index is 2.68. The summed E-state index contributed by atoms with van der Waals surface area (Å²) in [4.78, 5) is 4.72. The monoisotopic (exact) mass is 309 g/mol. The van der Waals surface area contributed by atoms with Gasteiger partial charge < -0.3 is 10.3 Å². The third-order valence-electron chi connectivity index (χ3n) is 3.21. The lowest BCUT2D eigenvalue weighted by molar-refractivity contribution is 0.453. The average Bonchev–Trinajstić information content (AvgIpc) is 2.65. The van der Waals surface area contributed by atoms with Gasteiger partial charge in [-0.15, -0.1) is 0 Å². The van der Waals surface area contributed by atoms with Gasteiger partial charge in [-0.3, -0.25) is 0 Å². The number of halogens is 1. The second-order valence-electron chi connectivity index (χ2n) is 5.34. The van der Waals surface area contributed by atoms with Gasteiger partial charge in [-0.05, 0) is 38.0 Å². The van der Waals surface area contributed by atoms with Gasteiger partial charge in [0, 0.05) is 10.5 Å². The third kappa shape index (κ3) is 2.31. The summed E-state index contributed by atoms with van der Waals surface area (Å²) in [6, 6.07) is 6.52. The highest BCUT2D eigenvalue weighted by atomic mass is 79.9. The Labute approximate surface area is 117 Å². The molecule has 0 radical (unpaired) electrons. The first-order chi connectivity index (χ1) is 8.41. The summed E-state index contributed by atoms with van der Waals surface area (Å²) in [5, 5.41) is 0. The van der Waals surface area contributed by atoms with E-state index in [2.05, 4.69) is 54.3 Å². The molecule has 3 nitrogen and oxygen atoms in total. The van der Waals surface area contributed by atoms with Crippen molar-refractivity contribution in [2.75, 3.05) is 0 Å². The van der Waals surface area contributed by atoms with Crippen LogP contribution in [0.1, 0.15) is 45.6 Å². The molecule has 1 unspecified atom stereocenters. The lowest BCUT2D eigenvalue weighted by Gasteiger charge is -2.20. The highest BCUT2D eigenvalue weighted by Crippen LogP contribution is 2.28. The van der Waals surface area contributed by atoms with E-state index in [9.17, 15) is 0 Å². The summed E-state index contributed by atoms with van der Waals surface area (Å²) in [6.07, 6.45) is 0. The number of imidazole rings is 1. The van der Waals surface area contributed by atoms with Gasteiger partial charge in [0.25, 0.3) is 0 Å². The zero-order valence-corrected chi connectivity index (χ0v) is 12.9. The lowest BCUT2D eigenvalue weighted by atomic mass is 10.0. The van der Waals surface area contributed by atoms with Crippen LogP contribution < -0.4 is 5.73 Å². The number of rotatable bonds is 3. The molecule has 2 aromatic rings. The molecule has 2 rings (SSSR count). The summed E-state index contributed by atoms with van der Waals surface area (Å²) >= 11 is 3.49. The molecule has 0 fully saturated rings. The standard InChI is InChI=1S/C14H20BrN3/c1-8(2)13(16)14-17-11-7-10(15)5-6-12(11)18(14)9(3)4/h5-9,13H,16H2,1-4H3. The van der Waals surface area contributed by atoms with Gasteiger partial charge in [0.15, 0.2) is 0 Å². The molecule has 2 N–H and O–H groups in total. The second-order valence-corrected chi connectivity index (χ2v) is 6.25. The Kier molecular flexibility index (Phi) is 3.78. The zero-order chi connectivity index (χ0) is 13.4. The Bertz CT molecular complexity index is 557. The number of nitrogens with two attached hydrogens (primary N) is 1. The largest absolute Gasteiger partial charge is 0.324 e. The van der Waals surface area contributed by atoms with E-state index in [1.807, 2.05) is 12.1 Å². The molecule has 18 heavy (non-hydrogen) atoms. The second kappa shape index (κ2) is 5.02. The summed E-state index contributed by atoms with van der Waals surface area (Å²) in [6.45, 7) is 8.59. The molecule has 0 bridgehead atoms. The van der Waals surface area contributed by atoms with Crippen molar-refractivity contribution in [3.63, 3.8) is 0 Å². The van der Waals surface area contributed by atoms with E-state index < -0.39 is 0 Å². The average molecular weight is 310 g/mol. The fraction of sp³-hybridized carbons (Fsp3) is 0.500. The maximum absolute atomic E-state index is 6.28. The highest BCUT2D eigenvalue weighted by Gasteiger charge is 2.21. The molecule has 0 aliphatic heterocycles. The molecule has 1 atom stereocenters. The Morgan fingerprint density at radius 1 is 1.22 bits per heavy atom. The molecule has 0 spiro atoms. The van der Waals surface area contributed by atoms with Gasteiger partial charge in [0.1, 0.15) is 5.82 Å². The predicted molar refractivity (Wildman–Crippen MR) is 79.6 cm³/mol. The Morgan fingerprint density at radius 3 is 2.44 bits per heavy atom. The molecule has 0 saturated carbocycles. The zero-order valence-electron chi connectivity index (χ0n) is 11.3. The first kappa shape index (κ1) is 13.6. The van der Waals surface area contributed by atoms with E-state index in [1.165, 1.54) is 0 Å². The molecule has 0 aliphatic carbocycles. The summed E-state index contributed by atoms with van der Waals surface area (Å²) in [7, 11) is 0. The predicted octanol–water partition coefficient (Wildman–Crippen LogP) is 4.04. The van der Waals surface area contributed by atoms with Crippen LogP contribution in [-0.2, 0) is 0 Å². The molecule has 1 aromatic heterocycles. The number of aromatic nitrogens is 2. The van der Waals surface area contributed by atoms with Crippen molar-refractivity contribution in [3.05, 3.63) is 28.5 Å². The highest BCUT2D eigenvalue weighted by molar-refractivity contribution is 9.10. The molecule has 98 valence electrons. The van der Waals surface area contributed by atoms with Crippen molar-refractivity contribution in [3.8, 4) is 0 Å². The quantitative estimate of drug-likeness (QED) is 0.930. The van der Waals surface area contributed by atoms with Crippen LogP contribution in [0.2, 0.25) is 0 Å². The minimum absolute atomic E-state index is 0.0291. The number of hydrogen-bond donors (Lipinski definition) is 1. The van der Waals surface area contributed by atoms with Crippen molar-refractivity contribution in [1.29, 1.82) is 0 Å². The summed E-state index contributed by atoms with van der Waals surface area (Å²) < 4.78 is 3.29. The van der Waals surface area contributed by atoms with E-state index in [4.69, 9.17) is 10.7 Å². The Morgan fingerprint density at radius 2 is 1.89 bits per heavy atom. The number of hydrogen-bond acceptors (Lipinski definition) is 2. The first-order valence-electron chi connectivity index (χ1n) is 6.34.